The van der Waals surface area contributed by atoms with Crippen LogP contribution in [-0.4, -0.2) is 59.4 Å². The summed E-state index contributed by atoms with van der Waals surface area (Å²) in [4.78, 5) is 14.2. The topological polar surface area (TPSA) is 72.8 Å². The Bertz CT molecular complexity index is 656. The van der Waals surface area contributed by atoms with Gasteiger partial charge in [0.2, 0.25) is 0 Å². The molecule has 1 aliphatic carbocycles. The van der Waals surface area contributed by atoms with E-state index in [2.05, 4.69) is 5.32 Å². The molecule has 0 unspecified atom stereocenters. The second-order valence-corrected chi connectivity index (χ2v) is 6.80. The van der Waals surface area contributed by atoms with Crippen LogP contribution in [0.15, 0.2) is 12.1 Å². The van der Waals surface area contributed by atoms with Crippen LogP contribution in [0.25, 0.3) is 0 Å². The van der Waals surface area contributed by atoms with Crippen LogP contribution in [0, 0.1) is 29.3 Å². The fourth-order valence-corrected chi connectivity index (χ4v) is 3.54. The highest BCUT2D eigenvalue weighted by Gasteiger charge is 2.44. The third-order valence-corrected chi connectivity index (χ3v) is 5.13. The molecule has 1 amide bonds. The molecular weight excluding hydrogens is 373 g/mol. The van der Waals surface area contributed by atoms with Crippen LogP contribution in [0.2, 0.25) is 0 Å². The summed E-state index contributed by atoms with van der Waals surface area (Å²) in [5.74, 6) is -3.97. The van der Waals surface area contributed by atoms with Crippen molar-refractivity contribution in [2.75, 3.05) is 26.3 Å². The molecule has 3 N–H and O–H groups in total. The molecule has 0 bridgehead atoms. The van der Waals surface area contributed by atoms with Crippen molar-refractivity contribution in [2.24, 2.45) is 11.8 Å². The molecule has 9 heteroatoms. The Morgan fingerprint density at radius 2 is 1.73 bits per heavy atom. The first kappa shape index (κ1) is 21.0. The van der Waals surface area contributed by atoms with E-state index in [-0.39, 0.29) is 37.6 Å². The molecule has 5 nitrogen and oxygen atoms in total. The lowest BCUT2D eigenvalue weighted by atomic mass is 9.97. The third kappa shape index (κ3) is 4.31. The maximum Gasteiger partial charge on any atom is 0.254 e. The summed E-state index contributed by atoms with van der Waals surface area (Å²) in [5, 5.41) is 21.4. The number of nitrogens with one attached hydrogen (secondary N) is 1. The van der Waals surface area contributed by atoms with Gasteiger partial charge in [-0.3, -0.25) is 9.69 Å². The third-order valence-electron chi connectivity index (χ3n) is 5.13. The Kier molecular flexibility index (Phi) is 6.90. The molecule has 2 aliphatic rings. The van der Waals surface area contributed by atoms with Gasteiger partial charge in [0, 0.05) is 25.2 Å². The van der Waals surface area contributed by atoms with Crippen molar-refractivity contribution >= 4 is 18.3 Å². The zero-order valence-electron chi connectivity index (χ0n) is 14.0. The quantitative estimate of drug-likeness (QED) is 0.636. The number of nitrogens with zero attached hydrogens (tertiary/aromatic N) is 1. The van der Waals surface area contributed by atoms with Gasteiger partial charge in [-0.25, -0.2) is 13.2 Å². The maximum absolute atomic E-state index is 13.8. The van der Waals surface area contributed by atoms with Crippen molar-refractivity contribution in [2.45, 2.75) is 24.9 Å². The predicted molar refractivity (Wildman–Crippen MR) is 90.6 cm³/mol. The van der Waals surface area contributed by atoms with Crippen LogP contribution in [-0.2, 0) is 0 Å². The zero-order valence-corrected chi connectivity index (χ0v) is 14.8. The van der Waals surface area contributed by atoms with Crippen molar-refractivity contribution < 1.29 is 28.2 Å². The first-order valence-corrected chi connectivity index (χ1v) is 8.35. The van der Waals surface area contributed by atoms with E-state index in [4.69, 9.17) is 0 Å². The number of carbonyl (C=O) groups is 1. The highest BCUT2D eigenvalue weighted by atomic mass is 35.5. The predicted octanol–water partition coefficient (Wildman–Crippen LogP) is 1.32. The second-order valence-electron chi connectivity index (χ2n) is 6.80. The van der Waals surface area contributed by atoms with Crippen molar-refractivity contribution in [1.82, 2.24) is 10.2 Å². The Morgan fingerprint density at radius 3 is 2.31 bits per heavy atom. The number of halogens is 4. The van der Waals surface area contributed by atoms with Crippen molar-refractivity contribution in [1.29, 1.82) is 0 Å². The molecular formula is C17H22ClF3N2O3. The highest BCUT2D eigenvalue weighted by Crippen LogP contribution is 2.42. The van der Waals surface area contributed by atoms with E-state index in [9.17, 15) is 28.2 Å². The molecule has 0 spiro atoms. The SMILES string of the molecule is Cl.O=C(N[C@H]1CN(C(CO)CO)C[C@@H]1C1CC1)c1cc(F)c(F)cc1F. The van der Waals surface area contributed by atoms with Crippen LogP contribution in [0.1, 0.15) is 23.2 Å². The Labute approximate surface area is 155 Å². The summed E-state index contributed by atoms with van der Waals surface area (Å²) >= 11 is 0. The van der Waals surface area contributed by atoms with Gasteiger partial charge in [-0.1, -0.05) is 0 Å². The molecule has 0 radical (unpaired) electrons. The summed E-state index contributed by atoms with van der Waals surface area (Å²) < 4.78 is 40.1. The van der Waals surface area contributed by atoms with E-state index < -0.39 is 35.0 Å². The van der Waals surface area contributed by atoms with Gasteiger partial charge in [-0.05, 0) is 30.7 Å². The normalized spacial score (nSPS) is 23.2. The molecule has 1 aromatic rings. The summed E-state index contributed by atoms with van der Waals surface area (Å²) in [6.07, 6.45) is 2.07. The number of benzene rings is 1. The second kappa shape index (κ2) is 8.56. The molecule has 1 saturated heterocycles. The van der Waals surface area contributed by atoms with Gasteiger partial charge in [-0.15, -0.1) is 12.4 Å². The number of aliphatic hydroxyl groups excluding tert-OH is 2. The smallest absolute Gasteiger partial charge is 0.254 e. The van der Waals surface area contributed by atoms with Crippen molar-refractivity contribution in [3.8, 4) is 0 Å². The molecule has 1 aliphatic heterocycles. The standard InChI is InChI=1S/C17H21F3N2O3.ClH/c18-13-4-15(20)14(19)3-11(13)17(25)21-16-6-22(10(7-23)8-24)5-12(16)9-1-2-9;/h3-4,9-10,12,16,23-24H,1-2,5-8H2,(H,21,25);1H/t12-,16+;/m1./s1. The number of aliphatic hydroxyl groups is 2. The monoisotopic (exact) mass is 394 g/mol. The number of hydrogen-bond donors (Lipinski definition) is 3. The van der Waals surface area contributed by atoms with Gasteiger partial charge < -0.3 is 15.5 Å². The number of rotatable bonds is 6. The first-order chi connectivity index (χ1) is 11.9. The van der Waals surface area contributed by atoms with Crippen LogP contribution in [0.4, 0.5) is 13.2 Å². The minimum Gasteiger partial charge on any atom is -0.395 e. The van der Waals surface area contributed by atoms with Gasteiger partial charge in [0.1, 0.15) is 5.82 Å². The lowest BCUT2D eigenvalue weighted by Gasteiger charge is -2.24. The van der Waals surface area contributed by atoms with Gasteiger partial charge in [0.05, 0.1) is 24.8 Å². The van der Waals surface area contributed by atoms with Crippen LogP contribution in [0.5, 0.6) is 0 Å². The molecule has 1 saturated carbocycles. The summed E-state index contributed by atoms with van der Waals surface area (Å²) in [6, 6.07) is 0.205. The van der Waals surface area contributed by atoms with Crippen molar-refractivity contribution in [3.05, 3.63) is 35.1 Å². The number of hydrogen-bond acceptors (Lipinski definition) is 4. The van der Waals surface area contributed by atoms with Gasteiger partial charge in [0.25, 0.3) is 5.91 Å². The van der Waals surface area contributed by atoms with E-state index in [0.717, 1.165) is 12.8 Å². The average molecular weight is 395 g/mol. The van der Waals surface area contributed by atoms with Crippen LogP contribution < -0.4 is 5.32 Å². The molecule has 1 heterocycles. The van der Waals surface area contributed by atoms with E-state index >= 15 is 0 Å². The Morgan fingerprint density at radius 1 is 1.12 bits per heavy atom. The summed E-state index contributed by atoms with van der Waals surface area (Å²) in [7, 11) is 0. The molecule has 3 rings (SSSR count). The Balaban J connectivity index is 0.00000243. The molecule has 0 aromatic heterocycles. The number of amides is 1. The molecule has 26 heavy (non-hydrogen) atoms. The molecule has 2 fully saturated rings. The van der Waals surface area contributed by atoms with E-state index in [1.54, 1.807) is 0 Å². The fraction of sp³-hybridized carbons (Fsp3) is 0.588. The summed E-state index contributed by atoms with van der Waals surface area (Å²) in [5.41, 5.74) is -0.534. The molecule has 2 atom stereocenters. The van der Waals surface area contributed by atoms with E-state index in [1.165, 1.54) is 0 Å². The zero-order chi connectivity index (χ0) is 18.1. The lowest BCUT2D eigenvalue weighted by Crippen LogP contribution is -2.43. The van der Waals surface area contributed by atoms with E-state index in [1.807, 2.05) is 4.90 Å². The van der Waals surface area contributed by atoms with Gasteiger partial charge >= 0.3 is 0 Å². The minimum atomic E-state index is -1.34. The van der Waals surface area contributed by atoms with Crippen LogP contribution in [0.3, 0.4) is 0 Å². The number of likely N-dealkylation sites (tertiary alicyclic amines) is 1. The maximum atomic E-state index is 13.8. The average Bonchev–Trinajstić information content (AvgIpc) is 3.34. The fourth-order valence-electron chi connectivity index (χ4n) is 3.54. The molecule has 1 aromatic carbocycles. The number of carbonyl (C=O) groups excluding carboxylic acids is 1. The van der Waals surface area contributed by atoms with Gasteiger partial charge in [0.15, 0.2) is 11.6 Å². The highest BCUT2D eigenvalue weighted by molar-refractivity contribution is 5.94. The van der Waals surface area contributed by atoms with Crippen molar-refractivity contribution in [3.63, 3.8) is 0 Å². The lowest BCUT2D eigenvalue weighted by molar-refractivity contribution is 0.0852. The van der Waals surface area contributed by atoms with E-state index in [0.29, 0.717) is 31.1 Å². The first-order valence-electron chi connectivity index (χ1n) is 8.35. The molecule has 146 valence electrons. The Hall–Kier alpha value is -1.35. The minimum absolute atomic E-state index is 0. The largest absolute Gasteiger partial charge is 0.395 e. The van der Waals surface area contributed by atoms with Crippen LogP contribution >= 0.6 is 12.4 Å². The van der Waals surface area contributed by atoms with Gasteiger partial charge in [-0.2, -0.15) is 0 Å². The summed E-state index contributed by atoms with van der Waals surface area (Å²) in [6.45, 7) is 0.615.